The van der Waals surface area contributed by atoms with Gasteiger partial charge in [0.1, 0.15) is 0 Å². The first kappa shape index (κ1) is 21.9. The van der Waals surface area contributed by atoms with E-state index in [2.05, 4.69) is 10.2 Å². The van der Waals surface area contributed by atoms with Gasteiger partial charge in [0.25, 0.3) is 5.69 Å². The van der Waals surface area contributed by atoms with Crippen LogP contribution in [0, 0.1) is 16.0 Å². The van der Waals surface area contributed by atoms with Crippen LogP contribution in [0.15, 0.2) is 36.4 Å². The van der Waals surface area contributed by atoms with Gasteiger partial charge in [-0.2, -0.15) is 0 Å². The predicted molar refractivity (Wildman–Crippen MR) is 122 cm³/mol. The van der Waals surface area contributed by atoms with E-state index in [1.54, 1.807) is 26.4 Å². The van der Waals surface area contributed by atoms with Gasteiger partial charge >= 0.3 is 0 Å². The average Bonchev–Trinajstić information content (AvgIpc) is 2.82. The Hall–Kier alpha value is -3.29. The molecule has 1 amide bonds. The van der Waals surface area contributed by atoms with Crippen molar-refractivity contribution < 1.29 is 19.2 Å². The van der Waals surface area contributed by atoms with E-state index in [-0.39, 0.29) is 28.5 Å². The molecule has 2 aliphatic rings. The Balaban J connectivity index is 1.46. The van der Waals surface area contributed by atoms with Gasteiger partial charge in [-0.25, -0.2) is 0 Å². The largest absolute Gasteiger partial charge is 0.493 e. The minimum atomic E-state index is -0.374. The van der Waals surface area contributed by atoms with Crippen LogP contribution in [0.25, 0.3) is 0 Å². The maximum Gasteiger partial charge on any atom is 0.269 e. The fourth-order valence-electron chi connectivity index (χ4n) is 4.94. The van der Waals surface area contributed by atoms with Crippen LogP contribution in [-0.2, 0) is 17.6 Å². The van der Waals surface area contributed by atoms with E-state index in [9.17, 15) is 14.9 Å². The molecule has 8 heteroatoms. The zero-order valence-corrected chi connectivity index (χ0v) is 18.5. The summed E-state index contributed by atoms with van der Waals surface area (Å²) in [5.74, 6) is 1.14. The lowest BCUT2D eigenvalue weighted by atomic mass is 9.80. The molecule has 0 unspecified atom stereocenters. The summed E-state index contributed by atoms with van der Waals surface area (Å²) in [6.07, 6.45) is 4.33. The molecule has 170 valence electrons. The fraction of sp³-hybridized carbons (Fsp3) is 0.458. The van der Waals surface area contributed by atoms with Gasteiger partial charge in [-0.3, -0.25) is 14.9 Å². The van der Waals surface area contributed by atoms with Gasteiger partial charge in [0.2, 0.25) is 5.91 Å². The number of fused-ring (bicyclic) bond motifs is 3. The van der Waals surface area contributed by atoms with Crippen molar-refractivity contribution in [3.63, 3.8) is 0 Å². The van der Waals surface area contributed by atoms with Crippen molar-refractivity contribution in [1.82, 2.24) is 5.32 Å². The molecule has 1 N–H and O–H groups in total. The third-order valence-corrected chi connectivity index (χ3v) is 6.53. The van der Waals surface area contributed by atoms with E-state index < -0.39 is 0 Å². The Bertz CT molecular complexity index is 1010. The van der Waals surface area contributed by atoms with Gasteiger partial charge in [-0.05, 0) is 61.4 Å². The highest BCUT2D eigenvalue weighted by Gasteiger charge is 2.39. The number of rotatable bonds is 7. The highest BCUT2D eigenvalue weighted by molar-refractivity contribution is 5.82. The van der Waals surface area contributed by atoms with Crippen molar-refractivity contribution in [3.05, 3.63) is 57.6 Å². The summed E-state index contributed by atoms with van der Waals surface area (Å²) in [5.41, 5.74) is 3.05. The molecule has 8 nitrogen and oxygen atoms in total. The number of carbonyl (C=O) groups is 1. The van der Waals surface area contributed by atoms with Crippen LogP contribution in [0.5, 0.6) is 11.5 Å². The zero-order chi connectivity index (χ0) is 22.7. The minimum absolute atomic E-state index is 0.0135. The molecule has 0 aliphatic carbocycles. The molecule has 2 aromatic rings. The second-order valence-electron chi connectivity index (χ2n) is 8.37. The topological polar surface area (TPSA) is 93.9 Å². The van der Waals surface area contributed by atoms with Gasteiger partial charge in [-0.15, -0.1) is 0 Å². The molecule has 0 saturated carbocycles. The Morgan fingerprint density at radius 2 is 1.97 bits per heavy atom. The summed E-state index contributed by atoms with van der Waals surface area (Å²) in [6.45, 7) is 1.39. The third-order valence-electron chi connectivity index (χ3n) is 6.53. The lowest BCUT2D eigenvalue weighted by Gasteiger charge is -2.45. The molecule has 2 aliphatic heterocycles. The summed E-state index contributed by atoms with van der Waals surface area (Å²) in [6, 6.07) is 10.9. The number of ether oxygens (including phenoxy) is 2. The first-order valence-corrected chi connectivity index (χ1v) is 11.0. The van der Waals surface area contributed by atoms with Gasteiger partial charge in [0.05, 0.1) is 25.1 Å². The highest BCUT2D eigenvalue weighted by Crippen LogP contribution is 2.40. The lowest BCUT2D eigenvalue weighted by Crippen LogP contribution is -2.53. The summed E-state index contributed by atoms with van der Waals surface area (Å²) in [4.78, 5) is 26.3. The number of non-ortho nitro benzene ring substituents is 1. The zero-order valence-electron chi connectivity index (χ0n) is 18.5. The first-order chi connectivity index (χ1) is 15.5. The Morgan fingerprint density at radius 1 is 1.16 bits per heavy atom. The summed E-state index contributed by atoms with van der Waals surface area (Å²) < 4.78 is 10.6. The van der Waals surface area contributed by atoms with E-state index in [1.165, 1.54) is 0 Å². The summed E-state index contributed by atoms with van der Waals surface area (Å²) in [5, 5.41) is 14.3. The number of piperidine rings is 1. The summed E-state index contributed by atoms with van der Waals surface area (Å²) >= 11 is 0. The Kier molecular flexibility index (Phi) is 6.48. The molecule has 1 saturated heterocycles. The Labute approximate surface area is 187 Å². The monoisotopic (exact) mass is 439 g/mol. The molecule has 2 aromatic carbocycles. The van der Waals surface area contributed by atoms with Crippen LogP contribution in [0.1, 0.15) is 30.4 Å². The lowest BCUT2D eigenvalue weighted by molar-refractivity contribution is -0.384. The molecule has 0 aromatic heterocycles. The molecule has 2 atom stereocenters. The number of amides is 1. The first-order valence-electron chi connectivity index (χ1n) is 11.0. The Morgan fingerprint density at radius 3 is 2.72 bits per heavy atom. The maximum absolute atomic E-state index is 13.2. The molecule has 32 heavy (non-hydrogen) atoms. The molecule has 0 bridgehead atoms. The van der Waals surface area contributed by atoms with Crippen LogP contribution in [-0.4, -0.2) is 44.2 Å². The van der Waals surface area contributed by atoms with Crippen LogP contribution in [0.2, 0.25) is 0 Å². The molecular formula is C24H29N3O5. The molecule has 1 fully saturated rings. The van der Waals surface area contributed by atoms with E-state index in [1.807, 2.05) is 24.3 Å². The quantitative estimate of drug-likeness (QED) is 0.524. The van der Waals surface area contributed by atoms with Crippen molar-refractivity contribution in [2.24, 2.45) is 5.92 Å². The number of methoxy groups -OCH3 is 2. The van der Waals surface area contributed by atoms with E-state index in [0.717, 1.165) is 42.6 Å². The van der Waals surface area contributed by atoms with E-state index >= 15 is 0 Å². The van der Waals surface area contributed by atoms with Crippen molar-refractivity contribution in [2.45, 2.75) is 38.1 Å². The number of hydrogen-bond donors (Lipinski definition) is 1. The average molecular weight is 440 g/mol. The van der Waals surface area contributed by atoms with E-state index in [0.29, 0.717) is 30.9 Å². The molecule has 4 rings (SSSR count). The smallest absolute Gasteiger partial charge is 0.269 e. The molecule has 0 spiro atoms. The standard InChI is InChI=1S/C24H29N3O5/c1-31-22-9-6-16(13-23(22)32-2)10-11-25-24(28)19-15-17-14-18(27(29)30)7-8-20(17)26-12-4-3-5-21(19)26/h6-9,13-14,19,21H,3-5,10-12,15H2,1-2H3,(H,25,28)/t19-,21+/m1/s1. The molecule has 2 heterocycles. The highest BCUT2D eigenvalue weighted by atomic mass is 16.6. The number of benzene rings is 2. The number of nitro groups is 1. The van der Waals surface area contributed by atoms with Crippen molar-refractivity contribution in [1.29, 1.82) is 0 Å². The maximum atomic E-state index is 13.2. The molecule has 0 radical (unpaired) electrons. The predicted octanol–water partition coefficient (Wildman–Crippen LogP) is 3.50. The van der Waals surface area contributed by atoms with Crippen molar-refractivity contribution in [3.8, 4) is 11.5 Å². The van der Waals surface area contributed by atoms with Crippen LogP contribution in [0.4, 0.5) is 11.4 Å². The van der Waals surface area contributed by atoms with Crippen molar-refractivity contribution in [2.75, 3.05) is 32.2 Å². The van der Waals surface area contributed by atoms with Gasteiger partial charge in [0.15, 0.2) is 11.5 Å². The minimum Gasteiger partial charge on any atom is -0.493 e. The van der Waals surface area contributed by atoms with Crippen LogP contribution in [0.3, 0.4) is 0 Å². The van der Waals surface area contributed by atoms with Gasteiger partial charge in [0, 0.05) is 37.0 Å². The summed E-state index contributed by atoms with van der Waals surface area (Å²) in [7, 11) is 3.20. The molecular weight excluding hydrogens is 410 g/mol. The van der Waals surface area contributed by atoms with E-state index in [4.69, 9.17) is 9.47 Å². The van der Waals surface area contributed by atoms with Crippen LogP contribution < -0.4 is 19.7 Å². The second kappa shape index (κ2) is 9.46. The SMILES string of the molecule is COc1ccc(CCNC(=O)[C@@H]2Cc3cc([N+](=O)[O-])ccc3N3CCCC[C@@H]23)cc1OC. The number of nitro benzene ring substituents is 1. The third kappa shape index (κ3) is 4.35. The van der Waals surface area contributed by atoms with Crippen LogP contribution >= 0.6 is 0 Å². The normalized spacial score (nSPS) is 19.5. The van der Waals surface area contributed by atoms with Crippen molar-refractivity contribution >= 4 is 17.3 Å². The number of nitrogens with zero attached hydrogens (tertiary/aromatic N) is 2. The number of nitrogens with one attached hydrogen (secondary N) is 1. The fourth-order valence-corrected chi connectivity index (χ4v) is 4.94. The number of carbonyl (C=O) groups excluding carboxylic acids is 1. The van der Waals surface area contributed by atoms with Gasteiger partial charge < -0.3 is 19.7 Å². The van der Waals surface area contributed by atoms with Gasteiger partial charge in [-0.1, -0.05) is 6.07 Å². The number of anilines is 1. The second-order valence-corrected chi connectivity index (χ2v) is 8.37. The number of hydrogen-bond acceptors (Lipinski definition) is 6.